The SMILES string of the molecule is Cn1c(CC(=O)O)cnc1-c1ccccc1Cl. The van der Waals surface area contributed by atoms with Gasteiger partial charge in [-0.1, -0.05) is 23.7 Å². The predicted molar refractivity (Wildman–Crippen MR) is 65.0 cm³/mol. The highest BCUT2D eigenvalue weighted by Crippen LogP contribution is 2.26. The highest BCUT2D eigenvalue weighted by molar-refractivity contribution is 6.33. The fourth-order valence-electron chi connectivity index (χ4n) is 1.66. The number of nitrogens with zero attached hydrogens (tertiary/aromatic N) is 2. The van der Waals surface area contributed by atoms with E-state index in [1.165, 1.54) is 0 Å². The van der Waals surface area contributed by atoms with Gasteiger partial charge in [0, 0.05) is 24.5 Å². The van der Waals surface area contributed by atoms with Gasteiger partial charge in [-0.15, -0.1) is 0 Å². The molecule has 1 N–H and O–H groups in total. The molecular weight excluding hydrogens is 240 g/mol. The standard InChI is InChI=1S/C12H11ClN2O2/c1-15-8(6-11(16)17)7-14-12(15)9-4-2-3-5-10(9)13/h2-5,7H,6H2,1H3,(H,16,17). The lowest BCUT2D eigenvalue weighted by Gasteiger charge is -2.06. The quantitative estimate of drug-likeness (QED) is 0.910. The van der Waals surface area contributed by atoms with E-state index in [0.29, 0.717) is 16.5 Å². The van der Waals surface area contributed by atoms with E-state index in [2.05, 4.69) is 4.98 Å². The van der Waals surface area contributed by atoms with Crippen molar-refractivity contribution in [1.82, 2.24) is 9.55 Å². The summed E-state index contributed by atoms with van der Waals surface area (Å²) in [7, 11) is 1.78. The fraction of sp³-hybridized carbons (Fsp3) is 0.167. The van der Waals surface area contributed by atoms with E-state index in [0.717, 1.165) is 5.56 Å². The first-order valence-corrected chi connectivity index (χ1v) is 5.44. The first-order chi connectivity index (χ1) is 8.09. The van der Waals surface area contributed by atoms with Gasteiger partial charge in [0.05, 0.1) is 11.4 Å². The van der Waals surface area contributed by atoms with Crippen LogP contribution in [0.5, 0.6) is 0 Å². The van der Waals surface area contributed by atoms with Crippen LogP contribution in [0, 0.1) is 0 Å². The maximum absolute atomic E-state index is 10.7. The van der Waals surface area contributed by atoms with Crippen LogP contribution in [0.25, 0.3) is 11.4 Å². The smallest absolute Gasteiger partial charge is 0.309 e. The zero-order valence-corrected chi connectivity index (χ0v) is 9.98. The summed E-state index contributed by atoms with van der Waals surface area (Å²) in [5, 5.41) is 9.36. The van der Waals surface area contributed by atoms with Crippen LogP contribution >= 0.6 is 11.6 Å². The third-order valence-electron chi connectivity index (χ3n) is 2.53. The Morgan fingerprint density at radius 3 is 2.82 bits per heavy atom. The average Bonchev–Trinajstić information content (AvgIpc) is 2.61. The lowest BCUT2D eigenvalue weighted by molar-refractivity contribution is -0.136. The minimum Gasteiger partial charge on any atom is -0.481 e. The molecule has 0 atom stereocenters. The Morgan fingerprint density at radius 1 is 1.47 bits per heavy atom. The monoisotopic (exact) mass is 250 g/mol. The molecule has 0 aliphatic rings. The van der Waals surface area contributed by atoms with E-state index in [-0.39, 0.29) is 6.42 Å². The molecule has 17 heavy (non-hydrogen) atoms. The van der Waals surface area contributed by atoms with Gasteiger partial charge in [-0.25, -0.2) is 4.98 Å². The minimum atomic E-state index is -0.876. The molecule has 4 nitrogen and oxygen atoms in total. The van der Waals surface area contributed by atoms with E-state index >= 15 is 0 Å². The molecule has 0 aliphatic heterocycles. The number of imidazole rings is 1. The highest BCUT2D eigenvalue weighted by atomic mass is 35.5. The normalized spacial score (nSPS) is 10.5. The van der Waals surface area contributed by atoms with Crippen molar-refractivity contribution in [3.8, 4) is 11.4 Å². The van der Waals surface area contributed by atoms with Crippen LogP contribution in [0.15, 0.2) is 30.5 Å². The van der Waals surface area contributed by atoms with Crippen LogP contribution < -0.4 is 0 Å². The molecule has 88 valence electrons. The molecule has 0 fully saturated rings. The van der Waals surface area contributed by atoms with Crippen LogP contribution in [0.3, 0.4) is 0 Å². The number of aliphatic carboxylic acids is 1. The van der Waals surface area contributed by atoms with Gasteiger partial charge in [0.2, 0.25) is 0 Å². The van der Waals surface area contributed by atoms with Crippen molar-refractivity contribution >= 4 is 17.6 Å². The van der Waals surface area contributed by atoms with Crippen LogP contribution in [-0.2, 0) is 18.3 Å². The summed E-state index contributed by atoms with van der Waals surface area (Å²) in [5.74, 6) is -0.203. The first-order valence-electron chi connectivity index (χ1n) is 5.07. The third kappa shape index (κ3) is 2.31. The summed E-state index contributed by atoms with van der Waals surface area (Å²) in [6, 6.07) is 7.34. The van der Waals surface area contributed by atoms with Gasteiger partial charge in [0.25, 0.3) is 0 Å². The Balaban J connectivity index is 2.44. The van der Waals surface area contributed by atoms with Crippen LogP contribution in [0.2, 0.25) is 5.02 Å². The van der Waals surface area contributed by atoms with Crippen molar-refractivity contribution in [3.05, 3.63) is 41.2 Å². The molecular formula is C12H11ClN2O2. The maximum Gasteiger partial charge on any atom is 0.309 e. The van der Waals surface area contributed by atoms with E-state index < -0.39 is 5.97 Å². The molecule has 0 bridgehead atoms. The molecule has 0 saturated heterocycles. The Labute approximate surface area is 103 Å². The number of carboxylic acids is 1. The van der Waals surface area contributed by atoms with Crippen molar-refractivity contribution in [3.63, 3.8) is 0 Å². The van der Waals surface area contributed by atoms with Gasteiger partial charge >= 0.3 is 5.97 Å². The molecule has 2 rings (SSSR count). The first kappa shape index (κ1) is 11.7. The van der Waals surface area contributed by atoms with Gasteiger partial charge in [-0.2, -0.15) is 0 Å². The number of aromatic nitrogens is 2. The minimum absolute atomic E-state index is 0.0477. The van der Waals surface area contributed by atoms with Gasteiger partial charge in [0.15, 0.2) is 0 Å². The molecule has 2 aromatic rings. The van der Waals surface area contributed by atoms with E-state index in [4.69, 9.17) is 16.7 Å². The van der Waals surface area contributed by atoms with E-state index in [1.54, 1.807) is 23.9 Å². The van der Waals surface area contributed by atoms with Gasteiger partial charge in [-0.05, 0) is 12.1 Å². The van der Waals surface area contributed by atoms with Gasteiger partial charge < -0.3 is 9.67 Å². The molecule has 0 aliphatic carbocycles. The fourth-order valence-corrected chi connectivity index (χ4v) is 1.88. The van der Waals surface area contributed by atoms with Crippen molar-refractivity contribution in [2.24, 2.45) is 7.05 Å². The Bertz CT molecular complexity index is 563. The van der Waals surface area contributed by atoms with E-state index in [9.17, 15) is 4.79 Å². The molecule has 1 aromatic heterocycles. The number of rotatable bonds is 3. The summed E-state index contributed by atoms with van der Waals surface area (Å²) in [5.41, 5.74) is 1.45. The van der Waals surface area contributed by atoms with Crippen molar-refractivity contribution in [2.45, 2.75) is 6.42 Å². The largest absolute Gasteiger partial charge is 0.481 e. The molecule has 0 saturated carbocycles. The van der Waals surface area contributed by atoms with Gasteiger partial charge in [-0.3, -0.25) is 4.79 Å². The zero-order valence-electron chi connectivity index (χ0n) is 9.22. The summed E-state index contributed by atoms with van der Waals surface area (Å²) in [6.07, 6.45) is 1.51. The molecule has 0 radical (unpaired) electrons. The summed E-state index contributed by atoms with van der Waals surface area (Å²) < 4.78 is 1.75. The van der Waals surface area contributed by atoms with Gasteiger partial charge in [0.1, 0.15) is 5.82 Å². The van der Waals surface area contributed by atoms with Crippen molar-refractivity contribution < 1.29 is 9.90 Å². The lowest BCUT2D eigenvalue weighted by atomic mass is 10.2. The summed E-state index contributed by atoms with van der Waals surface area (Å²) in [6.45, 7) is 0. The molecule has 5 heteroatoms. The average molecular weight is 251 g/mol. The number of benzene rings is 1. The molecule has 1 aromatic carbocycles. The predicted octanol–water partition coefficient (Wildman–Crippen LogP) is 2.37. The second kappa shape index (κ2) is 4.59. The van der Waals surface area contributed by atoms with Crippen LogP contribution in [-0.4, -0.2) is 20.6 Å². The number of carbonyl (C=O) groups is 1. The maximum atomic E-state index is 10.7. The van der Waals surface area contributed by atoms with Crippen molar-refractivity contribution in [1.29, 1.82) is 0 Å². The third-order valence-corrected chi connectivity index (χ3v) is 2.86. The molecule has 0 spiro atoms. The Hall–Kier alpha value is -1.81. The highest BCUT2D eigenvalue weighted by Gasteiger charge is 2.12. The lowest BCUT2D eigenvalue weighted by Crippen LogP contribution is -2.05. The van der Waals surface area contributed by atoms with E-state index in [1.807, 2.05) is 18.2 Å². The summed E-state index contributed by atoms with van der Waals surface area (Å²) >= 11 is 6.08. The topological polar surface area (TPSA) is 55.1 Å². The second-order valence-electron chi connectivity index (χ2n) is 3.68. The van der Waals surface area contributed by atoms with Crippen LogP contribution in [0.4, 0.5) is 0 Å². The Morgan fingerprint density at radius 2 is 2.18 bits per heavy atom. The zero-order chi connectivity index (χ0) is 12.4. The summed E-state index contributed by atoms with van der Waals surface area (Å²) in [4.78, 5) is 14.9. The number of halogens is 1. The number of carboxylic acid groups (broad SMARTS) is 1. The van der Waals surface area contributed by atoms with Crippen molar-refractivity contribution in [2.75, 3.05) is 0 Å². The Kier molecular flexibility index (Phi) is 3.15. The molecule has 0 unspecified atom stereocenters. The molecule has 1 heterocycles. The molecule has 0 amide bonds. The number of hydrogen-bond donors (Lipinski definition) is 1. The number of hydrogen-bond acceptors (Lipinski definition) is 2. The second-order valence-corrected chi connectivity index (χ2v) is 4.09. The van der Waals surface area contributed by atoms with Crippen LogP contribution in [0.1, 0.15) is 5.69 Å².